The van der Waals surface area contributed by atoms with Crippen LogP contribution in [0.3, 0.4) is 0 Å². The van der Waals surface area contributed by atoms with Crippen molar-refractivity contribution in [1.29, 1.82) is 0 Å². The molecule has 0 amide bonds. The van der Waals surface area contributed by atoms with E-state index in [0.717, 1.165) is 80.4 Å². The number of hydrogen-bond acceptors (Lipinski definition) is 4. The lowest BCUT2D eigenvalue weighted by Gasteiger charge is -2.41. The molecular formula is C55H61BN2O2. The molecule has 2 aromatic heterocycles. The van der Waals surface area contributed by atoms with Crippen LogP contribution < -0.4 is 27.2 Å². The van der Waals surface area contributed by atoms with Crippen LogP contribution in [0.25, 0.3) is 32.9 Å². The second-order valence-electron chi connectivity index (χ2n) is 20.0. The Morgan fingerprint density at radius 1 is 0.750 bits per heavy atom. The molecule has 0 saturated heterocycles. The topological polar surface area (TPSA) is 50.3 Å². The summed E-state index contributed by atoms with van der Waals surface area (Å²) < 4.78 is 13.6. The lowest BCUT2D eigenvalue weighted by molar-refractivity contribution is 0.332. The minimum atomic E-state index is -0.219. The van der Waals surface area contributed by atoms with Crippen molar-refractivity contribution in [3.63, 3.8) is 0 Å². The number of allylic oxidation sites excluding steroid dienone is 2. The summed E-state index contributed by atoms with van der Waals surface area (Å²) in [4.78, 5) is 0. The van der Waals surface area contributed by atoms with Crippen LogP contribution in [-0.2, 0) is 10.8 Å². The molecule has 0 saturated carbocycles. The molecule has 0 fully saturated rings. The first-order valence-electron chi connectivity index (χ1n) is 22.3. The van der Waals surface area contributed by atoms with Gasteiger partial charge in [0.2, 0.25) is 0 Å². The van der Waals surface area contributed by atoms with Crippen molar-refractivity contribution in [2.24, 2.45) is 11.3 Å². The van der Waals surface area contributed by atoms with E-state index in [9.17, 15) is 0 Å². The molecule has 9 rings (SSSR count). The molecular weight excluding hydrogens is 731 g/mol. The minimum Gasteiger partial charge on any atom is -0.470 e. The lowest BCUT2D eigenvalue weighted by Crippen LogP contribution is -2.53. The Hall–Kier alpha value is -5.42. The Kier molecular flexibility index (Phi) is 9.96. The smallest absolute Gasteiger partial charge is 0.292 e. The zero-order valence-corrected chi connectivity index (χ0v) is 37.3. The normalized spacial score (nSPS) is 17.5. The van der Waals surface area contributed by atoms with Crippen LogP contribution in [0.15, 0.2) is 135 Å². The number of fused-ring (bicyclic) bond motifs is 5. The Bertz CT molecular complexity index is 2760. The number of rotatable bonds is 10. The van der Waals surface area contributed by atoms with Crippen LogP contribution in [0.5, 0.6) is 0 Å². The maximum atomic E-state index is 7.19. The van der Waals surface area contributed by atoms with Crippen LogP contribution in [-0.4, -0.2) is 12.8 Å². The second-order valence-corrected chi connectivity index (χ2v) is 20.0. The summed E-state index contributed by atoms with van der Waals surface area (Å²) in [5.41, 5.74) is 16.5. The molecule has 306 valence electrons. The van der Waals surface area contributed by atoms with Crippen molar-refractivity contribution in [2.75, 3.05) is 10.6 Å². The fourth-order valence-electron chi connectivity index (χ4n) is 10.2. The molecule has 2 aliphatic carbocycles. The van der Waals surface area contributed by atoms with Crippen molar-refractivity contribution in [1.82, 2.24) is 0 Å². The van der Waals surface area contributed by atoms with E-state index in [1.54, 1.807) is 5.57 Å². The van der Waals surface area contributed by atoms with E-state index in [1.807, 2.05) is 6.07 Å². The highest BCUT2D eigenvalue weighted by atomic mass is 16.3. The molecule has 1 atom stereocenters. The SMILES string of the molecule is CCC(C)(C)C1=C(C(C)C)C=CC(Nc2cc(C)cc(Nc3cccc4oc5ccccc5c34)c2B(c2ccccc2)c2cc3cc4c(cc3o2)C(C)(C)CCC4(C)C)C1. The van der Waals surface area contributed by atoms with Gasteiger partial charge in [-0.15, -0.1) is 0 Å². The van der Waals surface area contributed by atoms with E-state index in [2.05, 4.69) is 189 Å². The van der Waals surface area contributed by atoms with Gasteiger partial charge in [-0.25, -0.2) is 0 Å². The predicted molar refractivity (Wildman–Crippen MR) is 258 cm³/mol. The molecule has 0 spiro atoms. The Balaban J connectivity index is 1.26. The first kappa shape index (κ1) is 40.0. The molecule has 2 heterocycles. The lowest BCUT2D eigenvalue weighted by atomic mass is 9.38. The van der Waals surface area contributed by atoms with Gasteiger partial charge in [0, 0.05) is 28.2 Å². The molecule has 2 N–H and O–H groups in total. The van der Waals surface area contributed by atoms with E-state index < -0.39 is 0 Å². The largest absolute Gasteiger partial charge is 0.470 e. The average molecular weight is 793 g/mol. The monoisotopic (exact) mass is 792 g/mol. The maximum Gasteiger partial charge on any atom is 0.292 e. The number of para-hydroxylation sites is 1. The van der Waals surface area contributed by atoms with Gasteiger partial charge in [-0.3, -0.25) is 0 Å². The number of benzene rings is 5. The van der Waals surface area contributed by atoms with Crippen LogP contribution in [0.4, 0.5) is 17.1 Å². The summed E-state index contributed by atoms with van der Waals surface area (Å²) >= 11 is 0. The van der Waals surface area contributed by atoms with Gasteiger partial charge in [0.1, 0.15) is 16.7 Å². The maximum absolute atomic E-state index is 7.19. The minimum absolute atomic E-state index is 0.0802. The van der Waals surface area contributed by atoms with Gasteiger partial charge in [-0.2, -0.15) is 0 Å². The Labute approximate surface area is 357 Å². The molecule has 2 aliphatic rings. The number of nitrogens with one attached hydrogen (secondary N) is 2. The number of aryl methyl sites for hydroxylation is 1. The van der Waals surface area contributed by atoms with Gasteiger partial charge in [0.05, 0.1) is 16.7 Å². The van der Waals surface area contributed by atoms with Crippen LogP contribution in [0, 0.1) is 18.3 Å². The molecule has 0 aliphatic heterocycles. The van der Waals surface area contributed by atoms with Crippen molar-refractivity contribution in [2.45, 2.75) is 112 Å². The third-order valence-corrected chi connectivity index (χ3v) is 14.2. The fourth-order valence-corrected chi connectivity index (χ4v) is 10.2. The van der Waals surface area contributed by atoms with E-state index in [1.165, 1.54) is 34.1 Å². The molecule has 60 heavy (non-hydrogen) atoms. The van der Waals surface area contributed by atoms with Gasteiger partial charge >= 0.3 is 0 Å². The fraction of sp³-hybridized carbons (Fsp3) is 0.345. The van der Waals surface area contributed by atoms with Gasteiger partial charge in [0.15, 0.2) is 0 Å². The molecule has 1 unspecified atom stereocenters. The highest BCUT2D eigenvalue weighted by Crippen LogP contribution is 2.47. The van der Waals surface area contributed by atoms with E-state index in [-0.39, 0.29) is 29.0 Å². The highest BCUT2D eigenvalue weighted by Gasteiger charge is 2.39. The first-order valence-corrected chi connectivity index (χ1v) is 22.3. The van der Waals surface area contributed by atoms with E-state index in [4.69, 9.17) is 8.83 Å². The van der Waals surface area contributed by atoms with Crippen molar-refractivity contribution < 1.29 is 8.83 Å². The van der Waals surface area contributed by atoms with Crippen molar-refractivity contribution in [3.05, 3.63) is 143 Å². The van der Waals surface area contributed by atoms with E-state index >= 15 is 0 Å². The summed E-state index contributed by atoms with van der Waals surface area (Å²) in [7, 11) is 0. The Morgan fingerprint density at radius 2 is 1.43 bits per heavy atom. The van der Waals surface area contributed by atoms with E-state index in [0.29, 0.717) is 5.92 Å². The van der Waals surface area contributed by atoms with Gasteiger partial charge < -0.3 is 19.5 Å². The summed E-state index contributed by atoms with van der Waals surface area (Å²) in [6.07, 6.45) is 9.18. The third kappa shape index (κ3) is 7.08. The second kappa shape index (κ2) is 14.9. The molecule has 7 aromatic rings. The van der Waals surface area contributed by atoms with Crippen molar-refractivity contribution >= 4 is 73.3 Å². The van der Waals surface area contributed by atoms with Gasteiger partial charge in [-0.05, 0) is 131 Å². The Morgan fingerprint density at radius 3 is 2.17 bits per heavy atom. The summed E-state index contributed by atoms with van der Waals surface area (Å²) in [6, 6.07) is 37.5. The van der Waals surface area contributed by atoms with Gasteiger partial charge in [0.25, 0.3) is 6.71 Å². The summed E-state index contributed by atoms with van der Waals surface area (Å²) in [6.45, 7) is 23.4. The molecule has 0 radical (unpaired) electrons. The van der Waals surface area contributed by atoms with Crippen molar-refractivity contribution in [3.8, 4) is 0 Å². The zero-order chi connectivity index (χ0) is 42.1. The number of anilines is 3. The van der Waals surface area contributed by atoms with Crippen LogP contribution in [0.2, 0.25) is 0 Å². The highest BCUT2D eigenvalue weighted by molar-refractivity contribution is 6.96. The molecule has 4 nitrogen and oxygen atoms in total. The quantitative estimate of drug-likeness (QED) is 0.135. The average Bonchev–Trinajstić information content (AvgIpc) is 3.82. The molecule has 5 heteroatoms. The zero-order valence-electron chi connectivity index (χ0n) is 37.3. The summed E-state index contributed by atoms with van der Waals surface area (Å²) in [5, 5.41) is 11.5. The number of hydrogen-bond donors (Lipinski definition) is 2. The molecule has 5 aromatic carbocycles. The predicted octanol–water partition coefficient (Wildman–Crippen LogP) is 13.4. The third-order valence-electron chi connectivity index (χ3n) is 14.2. The number of furan rings is 2. The van der Waals surface area contributed by atoms with Crippen LogP contribution >= 0.6 is 0 Å². The first-order chi connectivity index (χ1) is 28.6. The summed E-state index contributed by atoms with van der Waals surface area (Å²) in [5.74, 6) is 0.465. The van der Waals surface area contributed by atoms with Gasteiger partial charge in [-0.1, -0.05) is 140 Å². The molecule has 0 bridgehead atoms. The van der Waals surface area contributed by atoms with Crippen LogP contribution in [0.1, 0.15) is 105 Å². The standard InChI is InChI=1S/C55H61BN2O2/c1-11-53(5,6)41-32-38(24-25-39(41)34(2)3)57-45-28-35(4)29-46(58-44-21-17-23-48-51(44)40-20-15-16-22-47(40)59-48)52(45)56(37-18-13-12-14-19-37)50-31-36-30-42-43(33-49(36)60-50)55(9,10)27-26-54(42,7)8/h12-25,28-31,33-34,38,57-58H,11,26-27,32H2,1-10H3.